The summed E-state index contributed by atoms with van der Waals surface area (Å²) >= 11 is 1.64. The van der Waals surface area contributed by atoms with E-state index in [1.807, 2.05) is 51.1 Å². The van der Waals surface area contributed by atoms with E-state index < -0.39 is 0 Å². The van der Waals surface area contributed by atoms with Crippen LogP contribution in [-0.4, -0.2) is 37.8 Å². The molecule has 24 heavy (non-hydrogen) atoms. The fourth-order valence-electron chi connectivity index (χ4n) is 2.54. The van der Waals surface area contributed by atoms with Crippen molar-refractivity contribution in [2.75, 3.05) is 7.05 Å². The summed E-state index contributed by atoms with van der Waals surface area (Å²) in [5, 5.41) is 9.08. The first-order valence-corrected chi connectivity index (χ1v) is 8.48. The summed E-state index contributed by atoms with van der Waals surface area (Å²) in [5.74, 6) is -0.172. The molecule has 0 fully saturated rings. The Labute approximate surface area is 144 Å². The lowest BCUT2D eigenvalue weighted by Crippen LogP contribution is -2.30. The van der Waals surface area contributed by atoms with Crippen LogP contribution >= 0.6 is 11.3 Å². The molecule has 2 aromatic heterocycles. The Balaban J connectivity index is 1.81. The Bertz CT molecular complexity index is 855. The zero-order chi connectivity index (χ0) is 17.3. The van der Waals surface area contributed by atoms with Crippen LogP contribution in [0.25, 0.3) is 5.69 Å². The fraction of sp³-hybridized carbons (Fsp3) is 0.294. The highest BCUT2D eigenvalue weighted by Gasteiger charge is 2.24. The molecule has 124 valence electrons. The van der Waals surface area contributed by atoms with Crippen molar-refractivity contribution in [3.8, 4) is 5.69 Å². The molecule has 1 atom stereocenters. The van der Waals surface area contributed by atoms with Crippen molar-refractivity contribution in [2.45, 2.75) is 26.8 Å². The smallest absolute Gasteiger partial charge is 0.276 e. The highest BCUT2D eigenvalue weighted by molar-refractivity contribution is 7.11. The number of para-hydroxylation sites is 1. The van der Waals surface area contributed by atoms with Crippen molar-refractivity contribution in [2.24, 2.45) is 0 Å². The predicted molar refractivity (Wildman–Crippen MR) is 93.5 cm³/mol. The van der Waals surface area contributed by atoms with Gasteiger partial charge < -0.3 is 4.90 Å². The van der Waals surface area contributed by atoms with Gasteiger partial charge in [-0.15, -0.1) is 16.4 Å². The van der Waals surface area contributed by atoms with E-state index in [4.69, 9.17) is 0 Å². The molecule has 0 aliphatic heterocycles. The third-order valence-corrected chi connectivity index (χ3v) is 4.87. The van der Waals surface area contributed by atoms with Crippen molar-refractivity contribution in [3.63, 3.8) is 0 Å². The maximum absolute atomic E-state index is 12.7. The summed E-state index contributed by atoms with van der Waals surface area (Å²) in [6.45, 7) is 5.97. The number of thiazole rings is 1. The van der Waals surface area contributed by atoms with Crippen LogP contribution < -0.4 is 0 Å². The van der Waals surface area contributed by atoms with Crippen LogP contribution in [0.3, 0.4) is 0 Å². The van der Waals surface area contributed by atoms with Crippen LogP contribution in [-0.2, 0) is 0 Å². The standard InChI is InChI=1S/C17H19N5OS/c1-11(16-12(2)24-13(3)18-16)21(4)17(23)15-10-22(20-19-15)14-8-6-5-7-9-14/h5-11H,1-4H3. The highest BCUT2D eigenvalue weighted by Crippen LogP contribution is 2.26. The van der Waals surface area contributed by atoms with E-state index in [0.717, 1.165) is 21.3 Å². The summed E-state index contributed by atoms with van der Waals surface area (Å²) in [5.41, 5.74) is 2.12. The quantitative estimate of drug-likeness (QED) is 0.731. The van der Waals surface area contributed by atoms with Gasteiger partial charge in [-0.2, -0.15) is 0 Å². The number of nitrogens with zero attached hydrogens (tertiary/aromatic N) is 5. The molecular weight excluding hydrogens is 322 g/mol. The Kier molecular flexibility index (Phi) is 4.44. The molecule has 0 bridgehead atoms. The number of carbonyl (C=O) groups excluding carboxylic acids is 1. The molecule has 0 radical (unpaired) electrons. The van der Waals surface area contributed by atoms with Gasteiger partial charge in [-0.25, -0.2) is 9.67 Å². The van der Waals surface area contributed by atoms with Gasteiger partial charge in [0.05, 0.1) is 28.6 Å². The molecule has 0 N–H and O–H groups in total. The first kappa shape index (κ1) is 16.3. The van der Waals surface area contributed by atoms with E-state index in [1.165, 1.54) is 0 Å². The van der Waals surface area contributed by atoms with Gasteiger partial charge in [-0.3, -0.25) is 4.79 Å². The Morgan fingerprint density at radius 3 is 2.58 bits per heavy atom. The summed E-state index contributed by atoms with van der Waals surface area (Å²) < 4.78 is 1.60. The molecule has 0 spiro atoms. The first-order chi connectivity index (χ1) is 11.5. The second-order valence-electron chi connectivity index (χ2n) is 5.65. The molecule has 0 aliphatic rings. The van der Waals surface area contributed by atoms with Crippen molar-refractivity contribution < 1.29 is 4.79 Å². The van der Waals surface area contributed by atoms with E-state index in [0.29, 0.717) is 5.69 Å². The number of benzene rings is 1. The van der Waals surface area contributed by atoms with Gasteiger partial charge in [0.1, 0.15) is 0 Å². The fourth-order valence-corrected chi connectivity index (χ4v) is 3.45. The van der Waals surface area contributed by atoms with E-state index in [9.17, 15) is 4.79 Å². The molecule has 1 aromatic carbocycles. The first-order valence-electron chi connectivity index (χ1n) is 7.66. The van der Waals surface area contributed by atoms with Crippen LogP contribution in [0.4, 0.5) is 0 Å². The summed E-state index contributed by atoms with van der Waals surface area (Å²) in [4.78, 5) is 20.0. The summed E-state index contributed by atoms with van der Waals surface area (Å²) in [6, 6.07) is 9.47. The summed E-state index contributed by atoms with van der Waals surface area (Å²) in [6.07, 6.45) is 1.65. The number of amides is 1. The van der Waals surface area contributed by atoms with Crippen LogP contribution in [0.2, 0.25) is 0 Å². The number of aromatic nitrogens is 4. The van der Waals surface area contributed by atoms with E-state index in [-0.39, 0.29) is 11.9 Å². The van der Waals surface area contributed by atoms with Crippen molar-refractivity contribution in [1.82, 2.24) is 24.9 Å². The number of carbonyl (C=O) groups is 1. The minimum absolute atomic E-state index is 0.121. The number of aryl methyl sites for hydroxylation is 2. The molecule has 0 saturated carbocycles. The molecule has 1 unspecified atom stereocenters. The van der Waals surface area contributed by atoms with Crippen molar-refractivity contribution in [1.29, 1.82) is 0 Å². The normalized spacial score (nSPS) is 12.2. The number of hydrogen-bond acceptors (Lipinski definition) is 5. The monoisotopic (exact) mass is 341 g/mol. The minimum atomic E-state index is -0.172. The van der Waals surface area contributed by atoms with Crippen molar-refractivity contribution >= 4 is 17.2 Å². The second kappa shape index (κ2) is 6.52. The van der Waals surface area contributed by atoms with Crippen LogP contribution in [0.1, 0.15) is 39.0 Å². The number of hydrogen-bond donors (Lipinski definition) is 0. The zero-order valence-electron chi connectivity index (χ0n) is 14.1. The Morgan fingerprint density at radius 2 is 1.96 bits per heavy atom. The second-order valence-corrected chi connectivity index (χ2v) is 7.06. The van der Waals surface area contributed by atoms with Gasteiger partial charge in [0.25, 0.3) is 5.91 Å². The van der Waals surface area contributed by atoms with E-state index in [1.54, 1.807) is 34.2 Å². The van der Waals surface area contributed by atoms with Gasteiger partial charge in [0, 0.05) is 11.9 Å². The molecule has 6 nitrogen and oxygen atoms in total. The highest BCUT2D eigenvalue weighted by atomic mass is 32.1. The molecule has 3 rings (SSSR count). The largest absolute Gasteiger partial charge is 0.332 e. The van der Waals surface area contributed by atoms with Gasteiger partial charge >= 0.3 is 0 Å². The molecular formula is C17H19N5OS. The molecule has 2 heterocycles. The predicted octanol–water partition coefficient (Wildman–Crippen LogP) is 3.17. The van der Waals surface area contributed by atoms with E-state index >= 15 is 0 Å². The van der Waals surface area contributed by atoms with Gasteiger partial charge in [0.2, 0.25) is 0 Å². The lowest BCUT2D eigenvalue weighted by Gasteiger charge is -2.23. The lowest BCUT2D eigenvalue weighted by atomic mass is 10.2. The Morgan fingerprint density at radius 1 is 1.25 bits per heavy atom. The summed E-state index contributed by atoms with van der Waals surface area (Å²) in [7, 11) is 1.77. The topological polar surface area (TPSA) is 63.9 Å². The molecule has 7 heteroatoms. The molecule has 1 amide bonds. The number of rotatable bonds is 4. The third-order valence-electron chi connectivity index (χ3n) is 3.97. The molecule has 3 aromatic rings. The van der Waals surface area contributed by atoms with E-state index in [2.05, 4.69) is 15.3 Å². The third kappa shape index (κ3) is 3.07. The van der Waals surface area contributed by atoms with Crippen molar-refractivity contribution in [3.05, 3.63) is 57.8 Å². The van der Waals surface area contributed by atoms with Crippen LogP contribution in [0, 0.1) is 13.8 Å². The van der Waals surface area contributed by atoms with Gasteiger partial charge in [-0.1, -0.05) is 23.4 Å². The van der Waals surface area contributed by atoms with Gasteiger partial charge in [-0.05, 0) is 32.9 Å². The van der Waals surface area contributed by atoms with Crippen LogP contribution in [0.5, 0.6) is 0 Å². The minimum Gasteiger partial charge on any atom is -0.332 e. The van der Waals surface area contributed by atoms with Gasteiger partial charge in [0.15, 0.2) is 5.69 Å². The zero-order valence-corrected chi connectivity index (χ0v) is 14.9. The lowest BCUT2D eigenvalue weighted by molar-refractivity contribution is 0.0733. The molecule has 0 aliphatic carbocycles. The van der Waals surface area contributed by atoms with Crippen LogP contribution in [0.15, 0.2) is 36.5 Å². The maximum atomic E-state index is 12.7. The Hall–Kier alpha value is -2.54. The average molecular weight is 341 g/mol. The SMILES string of the molecule is Cc1nc(C(C)N(C)C(=O)c2cn(-c3ccccc3)nn2)c(C)s1. The average Bonchev–Trinajstić information content (AvgIpc) is 3.20. The maximum Gasteiger partial charge on any atom is 0.276 e. The molecule has 0 saturated heterocycles.